The summed E-state index contributed by atoms with van der Waals surface area (Å²) in [5.41, 5.74) is 1.27. The van der Waals surface area contributed by atoms with Crippen LogP contribution in [0.2, 0.25) is 5.02 Å². The Morgan fingerprint density at radius 2 is 2.00 bits per heavy atom. The molecule has 0 saturated carbocycles. The average Bonchev–Trinajstić information content (AvgIpc) is 2.74. The molecule has 0 aliphatic heterocycles. The predicted octanol–water partition coefficient (Wildman–Crippen LogP) is 2.70. The molecule has 3 nitrogen and oxygen atoms in total. The van der Waals surface area contributed by atoms with Gasteiger partial charge in [-0.25, -0.2) is 0 Å². The first-order valence-corrected chi connectivity index (χ1v) is 5.15. The van der Waals surface area contributed by atoms with Crippen molar-refractivity contribution in [2.45, 2.75) is 19.3 Å². The van der Waals surface area contributed by atoms with Crippen LogP contribution in [0.5, 0.6) is 0 Å². The van der Waals surface area contributed by atoms with Gasteiger partial charge in [-0.2, -0.15) is 4.98 Å². The summed E-state index contributed by atoms with van der Waals surface area (Å²) >= 11 is 5.79. The summed E-state index contributed by atoms with van der Waals surface area (Å²) in [4.78, 5) is 3.84. The van der Waals surface area contributed by atoms with Crippen molar-refractivity contribution in [2.24, 2.45) is 0 Å². The lowest BCUT2D eigenvalue weighted by Gasteiger charge is -1.99. The lowest BCUT2D eigenvalue weighted by Crippen LogP contribution is -1.91. The topological polar surface area (TPSA) is 38.9 Å². The molecule has 77 valence electrons. The lowest BCUT2D eigenvalue weighted by molar-refractivity contribution is 0.402. The number of nitrogens with zero attached hydrogens (tertiary/aromatic N) is 2. The van der Waals surface area contributed by atoms with Gasteiger partial charge in [0.15, 0.2) is 5.82 Å². The van der Waals surface area contributed by atoms with Gasteiger partial charge in [-0.1, -0.05) is 28.9 Å². The monoisotopic (exact) mass is 221 g/mol. The maximum atomic E-state index is 5.79. The Hall–Kier alpha value is -1.35. The van der Waals surface area contributed by atoms with Crippen molar-refractivity contribution in [3.8, 4) is 0 Å². The molecule has 0 fully saturated rings. The van der Waals surface area contributed by atoms with E-state index in [1.165, 1.54) is 5.56 Å². The quantitative estimate of drug-likeness (QED) is 0.797. The molecule has 0 aliphatic carbocycles. The van der Waals surface area contributed by atoms with Crippen LogP contribution in [0, 0.1) is 6.39 Å². The van der Waals surface area contributed by atoms with Gasteiger partial charge < -0.3 is 4.52 Å². The van der Waals surface area contributed by atoms with Crippen molar-refractivity contribution in [1.29, 1.82) is 0 Å². The van der Waals surface area contributed by atoms with Gasteiger partial charge in [-0.15, -0.1) is 0 Å². The highest BCUT2D eigenvalue weighted by atomic mass is 35.5. The molecule has 0 unspecified atom stereocenters. The molecular formula is C11H10ClN2O. The summed E-state index contributed by atoms with van der Waals surface area (Å²) in [7, 11) is 0. The number of hydrogen-bond donors (Lipinski definition) is 0. The Labute approximate surface area is 93.1 Å². The van der Waals surface area contributed by atoms with Gasteiger partial charge in [-0.05, 0) is 30.5 Å². The Morgan fingerprint density at radius 3 is 2.67 bits per heavy atom. The van der Waals surface area contributed by atoms with E-state index in [0.717, 1.165) is 24.3 Å². The SMILES string of the molecule is Clc1ccc(CCCc2n[c]on2)cc1. The van der Waals surface area contributed by atoms with Crippen LogP contribution >= 0.6 is 11.6 Å². The van der Waals surface area contributed by atoms with Crippen molar-refractivity contribution in [3.05, 3.63) is 47.1 Å². The summed E-state index contributed by atoms with van der Waals surface area (Å²) in [5.74, 6) is 0.712. The largest absolute Gasteiger partial charge is 0.329 e. The number of aryl methyl sites for hydroxylation is 2. The summed E-state index contributed by atoms with van der Waals surface area (Å²) in [6, 6.07) is 7.87. The smallest absolute Gasteiger partial charge is 0.316 e. The van der Waals surface area contributed by atoms with Gasteiger partial charge >= 0.3 is 6.39 Å². The van der Waals surface area contributed by atoms with Crippen molar-refractivity contribution in [3.63, 3.8) is 0 Å². The summed E-state index contributed by atoms with van der Waals surface area (Å²) < 4.78 is 4.53. The van der Waals surface area contributed by atoms with E-state index in [1.807, 2.05) is 24.3 Å². The first-order chi connectivity index (χ1) is 7.34. The maximum Gasteiger partial charge on any atom is 0.316 e. The second-order valence-corrected chi connectivity index (χ2v) is 3.72. The highest BCUT2D eigenvalue weighted by molar-refractivity contribution is 6.30. The van der Waals surface area contributed by atoms with Crippen molar-refractivity contribution in [1.82, 2.24) is 10.1 Å². The van der Waals surface area contributed by atoms with Crippen LogP contribution in [-0.2, 0) is 12.8 Å². The molecule has 1 aromatic heterocycles. The summed E-state index contributed by atoms with van der Waals surface area (Å²) in [5, 5.41) is 4.47. The number of benzene rings is 1. The average molecular weight is 222 g/mol. The molecule has 1 aromatic carbocycles. The van der Waals surface area contributed by atoms with E-state index in [2.05, 4.69) is 21.1 Å². The van der Waals surface area contributed by atoms with E-state index in [0.29, 0.717) is 5.82 Å². The summed E-state index contributed by atoms with van der Waals surface area (Å²) in [6.07, 6.45) is 5.13. The zero-order valence-corrected chi connectivity index (χ0v) is 8.87. The number of aromatic nitrogens is 2. The summed E-state index contributed by atoms with van der Waals surface area (Å²) in [6.45, 7) is 0. The minimum Gasteiger partial charge on any atom is -0.329 e. The molecule has 0 bridgehead atoms. The molecular weight excluding hydrogens is 212 g/mol. The fourth-order valence-corrected chi connectivity index (χ4v) is 1.50. The number of hydrogen-bond acceptors (Lipinski definition) is 3. The van der Waals surface area contributed by atoms with Crippen LogP contribution < -0.4 is 0 Å². The van der Waals surface area contributed by atoms with Crippen LogP contribution in [0.15, 0.2) is 28.8 Å². The highest BCUT2D eigenvalue weighted by Crippen LogP contribution is 2.11. The molecule has 0 amide bonds. The third-order valence-electron chi connectivity index (χ3n) is 2.15. The molecule has 0 N–H and O–H groups in total. The minimum atomic E-state index is 0.712. The molecule has 0 spiro atoms. The standard InChI is InChI=1S/C11H10ClN2O/c12-10-6-4-9(5-7-10)2-1-3-11-13-8-15-14-11/h4-7H,1-3H2. The molecule has 0 atom stereocenters. The maximum absolute atomic E-state index is 5.79. The third kappa shape index (κ3) is 3.06. The molecule has 15 heavy (non-hydrogen) atoms. The Bertz CT molecular complexity index is 397. The second-order valence-electron chi connectivity index (χ2n) is 3.28. The normalized spacial score (nSPS) is 10.5. The Morgan fingerprint density at radius 1 is 1.20 bits per heavy atom. The van der Waals surface area contributed by atoms with Crippen LogP contribution in [0.1, 0.15) is 17.8 Å². The first-order valence-electron chi connectivity index (χ1n) is 4.77. The molecule has 1 radical (unpaired) electrons. The van der Waals surface area contributed by atoms with Crippen LogP contribution in [0.4, 0.5) is 0 Å². The Kier molecular flexibility index (Phi) is 3.35. The lowest BCUT2D eigenvalue weighted by atomic mass is 10.1. The molecule has 2 aromatic rings. The van der Waals surface area contributed by atoms with Crippen LogP contribution in [0.3, 0.4) is 0 Å². The van der Waals surface area contributed by atoms with E-state index in [4.69, 9.17) is 11.6 Å². The van der Waals surface area contributed by atoms with E-state index >= 15 is 0 Å². The van der Waals surface area contributed by atoms with Gasteiger partial charge in [0.2, 0.25) is 0 Å². The second kappa shape index (κ2) is 4.94. The number of rotatable bonds is 4. The molecule has 0 saturated heterocycles. The van der Waals surface area contributed by atoms with E-state index in [1.54, 1.807) is 0 Å². The van der Waals surface area contributed by atoms with Gasteiger partial charge in [0, 0.05) is 11.4 Å². The van der Waals surface area contributed by atoms with Gasteiger partial charge in [-0.3, -0.25) is 0 Å². The van der Waals surface area contributed by atoms with Crippen molar-refractivity contribution in [2.75, 3.05) is 0 Å². The van der Waals surface area contributed by atoms with Gasteiger partial charge in [0.05, 0.1) is 0 Å². The Balaban J connectivity index is 1.81. The van der Waals surface area contributed by atoms with Crippen molar-refractivity contribution >= 4 is 11.6 Å². The zero-order valence-electron chi connectivity index (χ0n) is 8.11. The minimum absolute atomic E-state index is 0.712. The molecule has 4 heteroatoms. The van der Waals surface area contributed by atoms with E-state index < -0.39 is 0 Å². The van der Waals surface area contributed by atoms with Gasteiger partial charge in [0.1, 0.15) is 0 Å². The van der Waals surface area contributed by atoms with Crippen LogP contribution in [-0.4, -0.2) is 10.1 Å². The number of halogens is 1. The predicted molar refractivity (Wildman–Crippen MR) is 56.6 cm³/mol. The van der Waals surface area contributed by atoms with E-state index in [-0.39, 0.29) is 0 Å². The van der Waals surface area contributed by atoms with E-state index in [9.17, 15) is 0 Å². The molecule has 1 heterocycles. The first kappa shape index (κ1) is 10.2. The molecule has 2 rings (SSSR count). The third-order valence-corrected chi connectivity index (χ3v) is 2.40. The fourth-order valence-electron chi connectivity index (χ4n) is 1.37. The highest BCUT2D eigenvalue weighted by Gasteiger charge is 1.99. The zero-order chi connectivity index (χ0) is 10.5. The van der Waals surface area contributed by atoms with Gasteiger partial charge in [0.25, 0.3) is 0 Å². The molecule has 0 aliphatic rings. The fraction of sp³-hybridized carbons (Fsp3) is 0.273. The van der Waals surface area contributed by atoms with Crippen LogP contribution in [0.25, 0.3) is 0 Å². The van der Waals surface area contributed by atoms with Crippen molar-refractivity contribution < 1.29 is 4.52 Å².